The minimum absolute atomic E-state index is 0.0177. The van der Waals surface area contributed by atoms with E-state index >= 15 is 0 Å². The maximum absolute atomic E-state index is 10.9. The zero-order chi connectivity index (χ0) is 12.1. The summed E-state index contributed by atoms with van der Waals surface area (Å²) in [4.78, 5) is 10.9. The molecule has 86 valence electrons. The summed E-state index contributed by atoms with van der Waals surface area (Å²) < 4.78 is 0. The first-order valence-corrected chi connectivity index (χ1v) is 5.67. The summed E-state index contributed by atoms with van der Waals surface area (Å²) in [6.45, 7) is 6.19. The minimum atomic E-state index is -0.194. The molecule has 0 radical (unpaired) electrons. The molecule has 0 saturated heterocycles. The highest BCUT2D eigenvalue weighted by Crippen LogP contribution is 2.17. The first-order valence-electron chi connectivity index (χ1n) is 5.14. The monoisotopic (exact) mass is 237 g/mol. The third-order valence-corrected chi connectivity index (χ3v) is 2.60. The molecule has 0 spiro atoms. The van der Waals surface area contributed by atoms with E-state index < -0.39 is 0 Å². The predicted octanol–water partition coefficient (Wildman–Crippen LogP) is 2.94. The molecule has 3 heteroatoms. The van der Waals surface area contributed by atoms with Crippen molar-refractivity contribution in [1.82, 2.24) is 5.32 Å². The summed E-state index contributed by atoms with van der Waals surface area (Å²) in [7, 11) is 0. The summed E-state index contributed by atoms with van der Waals surface area (Å²) >= 11 is 5.37. The van der Waals surface area contributed by atoms with Crippen LogP contribution in [0.25, 0.3) is 6.08 Å². The van der Waals surface area contributed by atoms with Crippen LogP contribution in [0.15, 0.2) is 18.3 Å². The van der Waals surface area contributed by atoms with Gasteiger partial charge in [-0.2, -0.15) is 0 Å². The summed E-state index contributed by atoms with van der Waals surface area (Å²) in [6.07, 6.45) is 3.53. The molecule has 0 saturated carbocycles. The molecule has 16 heavy (non-hydrogen) atoms. The quantitative estimate of drug-likeness (QED) is 0.805. The lowest BCUT2D eigenvalue weighted by molar-refractivity contribution is -0.117. The summed E-state index contributed by atoms with van der Waals surface area (Å²) in [5.74, 6) is -0.212. The molecule has 0 aromatic heterocycles. The Bertz CT molecular complexity index is 401. The van der Waals surface area contributed by atoms with E-state index in [1.165, 1.54) is 16.7 Å². The molecule has 2 nitrogen and oxygen atoms in total. The fraction of sp³-hybridized carbons (Fsp3) is 0.308. The largest absolute Gasteiger partial charge is 0.332 e. The van der Waals surface area contributed by atoms with Crippen LogP contribution in [-0.4, -0.2) is 11.8 Å². The van der Waals surface area contributed by atoms with Gasteiger partial charge in [0, 0.05) is 6.20 Å². The van der Waals surface area contributed by atoms with E-state index in [0.29, 0.717) is 0 Å². The van der Waals surface area contributed by atoms with Crippen LogP contribution in [-0.2, 0) is 4.79 Å². The maximum atomic E-state index is 10.9. The van der Waals surface area contributed by atoms with Crippen LogP contribution in [0, 0.1) is 20.8 Å². The molecule has 1 aromatic rings. The highest BCUT2D eigenvalue weighted by atomic mass is 35.5. The zero-order valence-corrected chi connectivity index (χ0v) is 10.6. The van der Waals surface area contributed by atoms with Gasteiger partial charge in [-0.15, -0.1) is 11.6 Å². The fourth-order valence-corrected chi connectivity index (χ4v) is 1.79. The number of carbonyl (C=O) groups is 1. The second kappa shape index (κ2) is 5.71. The number of hydrogen-bond acceptors (Lipinski definition) is 1. The van der Waals surface area contributed by atoms with Crippen molar-refractivity contribution in [2.75, 3.05) is 5.88 Å². The zero-order valence-electron chi connectivity index (χ0n) is 9.80. The van der Waals surface area contributed by atoms with Gasteiger partial charge >= 0.3 is 0 Å². The van der Waals surface area contributed by atoms with Gasteiger partial charge in [0.05, 0.1) is 0 Å². The van der Waals surface area contributed by atoms with Gasteiger partial charge in [0.15, 0.2) is 0 Å². The van der Waals surface area contributed by atoms with Crippen LogP contribution in [0.3, 0.4) is 0 Å². The number of halogens is 1. The van der Waals surface area contributed by atoms with Crippen molar-refractivity contribution < 1.29 is 4.79 Å². The van der Waals surface area contributed by atoms with E-state index in [1.54, 1.807) is 6.20 Å². The van der Waals surface area contributed by atoms with Crippen molar-refractivity contribution in [2.45, 2.75) is 20.8 Å². The second-order valence-corrected chi connectivity index (χ2v) is 4.11. The Morgan fingerprint density at radius 2 is 1.88 bits per heavy atom. The predicted molar refractivity (Wildman–Crippen MR) is 68.5 cm³/mol. The van der Waals surface area contributed by atoms with Crippen molar-refractivity contribution in [3.8, 4) is 0 Å². The SMILES string of the molecule is Cc1cc(C)c(C=CNC(=O)CCl)c(C)c1. The van der Waals surface area contributed by atoms with Gasteiger partial charge in [-0.25, -0.2) is 0 Å². The van der Waals surface area contributed by atoms with E-state index in [9.17, 15) is 4.79 Å². The van der Waals surface area contributed by atoms with Crippen molar-refractivity contribution >= 4 is 23.6 Å². The second-order valence-electron chi connectivity index (χ2n) is 3.85. The Hall–Kier alpha value is -1.28. The summed E-state index contributed by atoms with van der Waals surface area (Å²) in [6, 6.07) is 4.24. The highest BCUT2D eigenvalue weighted by Gasteiger charge is 2.00. The van der Waals surface area contributed by atoms with E-state index in [4.69, 9.17) is 11.6 Å². The van der Waals surface area contributed by atoms with Gasteiger partial charge in [0.1, 0.15) is 5.88 Å². The van der Waals surface area contributed by atoms with Crippen LogP contribution in [0.5, 0.6) is 0 Å². The van der Waals surface area contributed by atoms with Crippen molar-refractivity contribution in [3.63, 3.8) is 0 Å². The number of aryl methyl sites for hydroxylation is 3. The maximum Gasteiger partial charge on any atom is 0.238 e. The molecular weight excluding hydrogens is 222 g/mol. The third kappa shape index (κ3) is 3.38. The van der Waals surface area contributed by atoms with Gasteiger partial charge < -0.3 is 5.32 Å². The smallest absolute Gasteiger partial charge is 0.238 e. The van der Waals surface area contributed by atoms with Gasteiger partial charge in [-0.05, 0) is 43.5 Å². The fourth-order valence-electron chi connectivity index (χ4n) is 1.71. The highest BCUT2D eigenvalue weighted by molar-refractivity contribution is 6.27. The molecular formula is C13H16ClNO. The molecule has 1 N–H and O–H groups in total. The molecule has 0 aliphatic carbocycles. The summed E-state index contributed by atoms with van der Waals surface area (Å²) in [5.41, 5.74) is 4.79. The normalized spacial score (nSPS) is 10.8. The minimum Gasteiger partial charge on any atom is -0.332 e. The summed E-state index contributed by atoms with van der Waals surface area (Å²) in [5, 5.41) is 2.60. The standard InChI is InChI=1S/C13H16ClNO/c1-9-6-10(2)12(11(3)7-9)4-5-15-13(16)8-14/h4-7H,8H2,1-3H3,(H,15,16). The third-order valence-electron chi connectivity index (χ3n) is 2.35. The molecule has 0 unspecified atom stereocenters. The van der Waals surface area contributed by atoms with Crippen LogP contribution in [0.1, 0.15) is 22.3 Å². The topological polar surface area (TPSA) is 29.1 Å². The van der Waals surface area contributed by atoms with E-state index in [0.717, 1.165) is 5.56 Å². The van der Waals surface area contributed by atoms with Crippen molar-refractivity contribution in [1.29, 1.82) is 0 Å². The molecule has 1 aromatic carbocycles. The molecule has 0 fully saturated rings. The average Bonchev–Trinajstić information content (AvgIpc) is 2.21. The van der Waals surface area contributed by atoms with Crippen LogP contribution >= 0.6 is 11.6 Å². The van der Waals surface area contributed by atoms with E-state index in [1.807, 2.05) is 6.08 Å². The van der Waals surface area contributed by atoms with Gasteiger partial charge in [-0.3, -0.25) is 4.79 Å². The van der Waals surface area contributed by atoms with Gasteiger partial charge in [0.25, 0.3) is 0 Å². The number of hydrogen-bond donors (Lipinski definition) is 1. The molecule has 0 bridgehead atoms. The molecule has 1 amide bonds. The Morgan fingerprint density at radius 1 is 1.31 bits per heavy atom. The number of amides is 1. The molecule has 0 heterocycles. The van der Waals surface area contributed by atoms with Crippen LogP contribution in [0.2, 0.25) is 0 Å². The number of benzene rings is 1. The van der Waals surface area contributed by atoms with Gasteiger partial charge in [0.2, 0.25) is 5.91 Å². The number of carbonyl (C=O) groups excluding carboxylic acids is 1. The van der Waals surface area contributed by atoms with Crippen LogP contribution in [0.4, 0.5) is 0 Å². The molecule has 0 aliphatic rings. The Kier molecular flexibility index (Phi) is 4.56. The van der Waals surface area contributed by atoms with E-state index in [2.05, 4.69) is 38.2 Å². The van der Waals surface area contributed by atoms with Crippen molar-refractivity contribution in [2.24, 2.45) is 0 Å². The van der Waals surface area contributed by atoms with Gasteiger partial charge in [-0.1, -0.05) is 17.7 Å². The molecule has 0 atom stereocenters. The number of rotatable bonds is 3. The average molecular weight is 238 g/mol. The lowest BCUT2D eigenvalue weighted by Crippen LogP contribution is -2.17. The Morgan fingerprint density at radius 3 is 2.38 bits per heavy atom. The van der Waals surface area contributed by atoms with Crippen molar-refractivity contribution in [3.05, 3.63) is 40.6 Å². The number of nitrogens with one attached hydrogen (secondary N) is 1. The first-order chi connectivity index (χ1) is 7.54. The Labute approximate surface area is 101 Å². The lowest BCUT2D eigenvalue weighted by Gasteiger charge is -2.07. The van der Waals surface area contributed by atoms with Crippen LogP contribution < -0.4 is 5.32 Å². The number of alkyl halides is 1. The Balaban J connectivity index is 2.85. The molecule has 1 rings (SSSR count). The van der Waals surface area contributed by atoms with E-state index in [-0.39, 0.29) is 11.8 Å². The first kappa shape index (κ1) is 12.8. The lowest BCUT2D eigenvalue weighted by atomic mass is 10.00. The molecule has 0 aliphatic heterocycles.